The van der Waals surface area contributed by atoms with Gasteiger partial charge in [-0.25, -0.2) is 0 Å². The van der Waals surface area contributed by atoms with Crippen molar-refractivity contribution in [1.82, 2.24) is 0 Å². The van der Waals surface area contributed by atoms with Crippen molar-refractivity contribution in [3.63, 3.8) is 0 Å². The van der Waals surface area contributed by atoms with Crippen LogP contribution in [0, 0.1) is 29.7 Å². The molecule has 0 aromatic heterocycles. The van der Waals surface area contributed by atoms with Crippen molar-refractivity contribution in [2.75, 3.05) is 0 Å². The van der Waals surface area contributed by atoms with Gasteiger partial charge in [-0.05, 0) is 0 Å². The molecule has 0 saturated carbocycles. The third-order valence-corrected chi connectivity index (χ3v) is 0. The zero-order valence-corrected chi connectivity index (χ0v) is 7.64. The van der Waals surface area contributed by atoms with Gasteiger partial charge in [-0.1, -0.05) is 0 Å². The Kier molecular flexibility index (Phi) is 32300. The van der Waals surface area contributed by atoms with E-state index in [0.717, 1.165) is 0 Å². The predicted molar refractivity (Wildman–Crippen MR) is 36.2 cm³/mol. The Morgan fingerprint density at radius 2 is 0.500 bits per heavy atom. The molecule has 8 heavy (non-hydrogen) atoms. The van der Waals surface area contributed by atoms with E-state index in [2.05, 4.69) is 0 Å². The van der Waals surface area contributed by atoms with Crippen LogP contribution in [0.15, 0.2) is 0 Å². The van der Waals surface area contributed by atoms with Crippen molar-refractivity contribution in [2.24, 2.45) is 0 Å². The molecule has 0 aromatic carbocycles. The second kappa shape index (κ2) is 419. The Labute approximate surface area is 76.3 Å². The van der Waals surface area contributed by atoms with Crippen LogP contribution < -0.4 is 0 Å². The van der Waals surface area contributed by atoms with Crippen LogP contribution in [-0.4, -0.2) is 0 Å². The topological polar surface area (TPSA) is 67.0 Å². The van der Waals surface area contributed by atoms with Crippen LogP contribution in [0.5, 0.6) is 0 Å². The van der Waals surface area contributed by atoms with Crippen LogP contribution in [0.1, 0.15) is 0 Å². The maximum absolute atomic E-state index is 0. The molecule has 0 aromatic rings. The number of hydrogen-bond donors (Lipinski definition) is 0. The Morgan fingerprint density at radius 3 is 0.500 bits per heavy atom. The van der Waals surface area contributed by atoms with E-state index in [0.29, 0.717) is 0 Å². The van der Waals surface area contributed by atoms with Crippen molar-refractivity contribution in [1.29, 1.82) is 0 Å². The predicted octanol–water partition coefficient (Wildman–Crippen LogP) is 3.23. The fourth-order valence-corrected chi connectivity index (χ4v) is 0. The van der Waals surface area contributed by atoms with Crippen molar-refractivity contribution in [3.05, 3.63) is 42.0 Å². The number of rotatable bonds is 0. The molecule has 0 heterocycles. The molecule has 68 valence electrons. The zero-order valence-electron chi connectivity index (χ0n) is 5.76. The molecule has 0 atom stereocenters. The van der Waals surface area contributed by atoms with Gasteiger partial charge in [0, 0.05) is 17.1 Å². The van der Waals surface area contributed by atoms with Crippen LogP contribution >= 0.6 is 0 Å². The van der Waals surface area contributed by atoms with E-state index in [4.69, 9.17) is 0 Å². The van der Waals surface area contributed by atoms with E-state index in [9.17, 15) is 0 Å². The molecule has 0 aliphatic rings. The second-order valence-corrected chi connectivity index (χ2v) is 0. The summed E-state index contributed by atoms with van der Waals surface area (Å²) in [6.45, 7) is 0. The monoisotopic (exact) mass is 218 g/mol. The first-order valence-electron chi connectivity index (χ1n) is 0. The Morgan fingerprint density at radius 1 is 0.500 bits per heavy atom. The van der Waals surface area contributed by atoms with Crippen molar-refractivity contribution in [2.45, 2.75) is 0 Å². The molecule has 0 unspecified atom stereocenters. The average Bonchev–Trinajstić information content (AvgIpc) is 0. The van der Waals surface area contributed by atoms with Crippen LogP contribution in [0.4, 0.5) is 0 Å². The molecule has 4 N–H and O–H groups in total. The summed E-state index contributed by atoms with van der Waals surface area (Å²) in [5, 5.41) is 0. The second-order valence-electron chi connectivity index (χ2n) is 0. The van der Waals surface area contributed by atoms with Gasteiger partial charge in [0.05, 0.1) is 0 Å². The molecule has 2 nitrogen and oxygen atoms in total. The molecular weight excluding hydrogens is 203 g/mol. The summed E-state index contributed by atoms with van der Waals surface area (Å²) in [5.41, 5.74) is 0. The van der Waals surface area contributed by atoms with E-state index >= 15 is 0 Å². The third-order valence-electron chi connectivity index (χ3n) is 0. The Bertz CT molecular complexity index is 12.0. The van der Waals surface area contributed by atoms with Gasteiger partial charge in [0.15, 0.2) is 0 Å². The molecule has 0 saturated heterocycles. The van der Waals surface area contributed by atoms with Gasteiger partial charge in [0.1, 0.15) is 0 Å². The molecule has 0 fully saturated rings. The fourth-order valence-electron chi connectivity index (χ4n) is 0. The van der Waals surface area contributed by atoms with E-state index in [1.807, 2.05) is 0 Å². The summed E-state index contributed by atoms with van der Waals surface area (Å²) in [6.07, 6.45) is 0. The van der Waals surface area contributed by atoms with Gasteiger partial charge >= 0.3 is 17.1 Å². The molecule has 0 bridgehead atoms. The van der Waals surface area contributed by atoms with E-state index < -0.39 is 0 Å². The summed E-state index contributed by atoms with van der Waals surface area (Å²) in [7, 11) is 0. The summed E-state index contributed by atoms with van der Waals surface area (Å²) >= 11 is 0. The van der Waals surface area contributed by atoms with Gasteiger partial charge in [-0.15, -0.1) is 0 Å². The normalized spacial score (nSPS) is 0. The van der Waals surface area contributed by atoms with Gasteiger partial charge in [-0.3, -0.25) is 0 Å². The fraction of sp³-hybridized carbons (Fsp3) is 0. The molecule has 0 rings (SSSR count). The summed E-state index contributed by atoms with van der Waals surface area (Å²) in [6, 6.07) is 0. The molecular formula is C4H16Cu2N2-4. The van der Waals surface area contributed by atoms with E-state index in [1.165, 1.54) is 0 Å². The standard InChI is InChI=1S/4CH3.2Cu.2H2N/h4*1H3;;;2*1H2/q4*-1;;+2;2*-1. The van der Waals surface area contributed by atoms with Gasteiger partial charge in [-0.2, -0.15) is 0 Å². The largest absolute Gasteiger partial charge is 2.00 e. The zero-order chi connectivity index (χ0) is 0. The maximum Gasteiger partial charge on any atom is 2.00 e. The first kappa shape index (κ1) is 617. The van der Waals surface area contributed by atoms with Crippen LogP contribution in [0.25, 0.3) is 12.3 Å². The third kappa shape index (κ3) is 269. The van der Waals surface area contributed by atoms with Crippen molar-refractivity contribution >= 4 is 0 Å². The summed E-state index contributed by atoms with van der Waals surface area (Å²) in [5.74, 6) is 0. The smallest absolute Gasteiger partial charge is 0.693 e. The Hall–Kier alpha value is 0.959. The quantitative estimate of drug-likeness (QED) is 0.443. The van der Waals surface area contributed by atoms with E-state index in [1.54, 1.807) is 0 Å². The molecule has 0 aliphatic carbocycles. The Balaban J connectivity index is 0. The minimum atomic E-state index is 0. The van der Waals surface area contributed by atoms with Gasteiger partial charge in [0.25, 0.3) is 0 Å². The minimum Gasteiger partial charge on any atom is -0.693 e. The average molecular weight is 219 g/mol. The molecule has 0 spiro atoms. The van der Waals surface area contributed by atoms with Crippen LogP contribution in [-0.2, 0) is 34.1 Å². The summed E-state index contributed by atoms with van der Waals surface area (Å²) < 4.78 is 0. The summed E-state index contributed by atoms with van der Waals surface area (Å²) in [4.78, 5) is 0. The maximum atomic E-state index is 0. The van der Waals surface area contributed by atoms with Crippen molar-refractivity contribution in [3.8, 4) is 0 Å². The number of hydrogen-bond acceptors (Lipinski definition) is 0. The number of nitrogens with two attached hydrogens (primary N) is 2. The molecule has 2 radical (unpaired) electrons. The SMILES string of the molecule is [CH3-].[CH3-].[CH3-].[CH3-].[Cu+2].[Cu].[NH2-].[NH2-]. The minimum absolute atomic E-state index is 0. The van der Waals surface area contributed by atoms with Crippen LogP contribution in [0.2, 0.25) is 0 Å². The molecule has 0 amide bonds. The first-order valence-corrected chi connectivity index (χ1v) is 0. The van der Waals surface area contributed by atoms with Crippen molar-refractivity contribution < 1.29 is 34.1 Å². The van der Waals surface area contributed by atoms with E-state index in [-0.39, 0.29) is 76.1 Å². The molecule has 0 aliphatic heterocycles. The molecule has 4 heteroatoms. The van der Waals surface area contributed by atoms with Gasteiger partial charge in [0.2, 0.25) is 0 Å². The van der Waals surface area contributed by atoms with Crippen LogP contribution in [0.3, 0.4) is 0 Å². The first-order chi connectivity index (χ1) is 0. The van der Waals surface area contributed by atoms with Gasteiger partial charge < -0.3 is 42.0 Å².